The van der Waals surface area contributed by atoms with Gasteiger partial charge in [-0.1, -0.05) is 26.0 Å². The molecule has 0 N–H and O–H groups in total. The summed E-state index contributed by atoms with van der Waals surface area (Å²) in [6, 6.07) is 8.03. The fourth-order valence-electron chi connectivity index (χ4n) is 4.21. The van der Waals surface area contributed by atoms with E-state index in [1.165, 1.54) is 0 Å². The van der Waals surface area contributed by atoms with Gasteiger partial charge in [-0.15, -0.1) is 0 Å². The Morgan fingerprint density at radius 3 is 2.23 bits per heavy atom. The molecule has 0 aliphatic carbocycles. The third-order valence-electron chi connectivity index (χ3n) is 5.69. The van der Waals surface area contributed by atoms with Crippen molar-refractivity contribution in [3.8, 4) is 5.75 Å². The van der Waals surface area contributed by atoms with E-state index >= 15 is 0 Å². The molecule has 3 fully saturated rings. The molecule has 3 heterocycles. The van der Waals surface area contributed by atoms with Gasteiger partial charge in [-0.2, -0.15) is 0 Å². The first-order valence-corrected chi connectivity index (χ1v) is 11.3. The maximum Gasteiger partial charge on any atom is 0.190 e. The van der Waals surface area contributed by atoms with E-state index in [1.54, 1.807) is 0 Å². The van der Waals surface area contributed by atoms with E-state index in [0.717, 1.165) is 24.3 Å². The average Bonchev–Trinajstić information content (AvgIpc) is 3.17. The third kappa shape index (κ3) is 5.59. The van der Waals surface area contributed by atoms with Crippen LogP contribution in [-0.2, 0) is 35.0 Å². The van der Waals surface area contributed by atoms with E-state index in [2.05, 4.69) is 13.8 Å². The third-order valence-corrected chi connectivity index (χ3v) is 5.69. The highest BCUT2D eigenvalue weighted by atomic mass is 16.9. The van der Waals surface area contributed by atoms with Crippen molar-refractivity contribution in [1.29, 1.82) is 0 Å². The molecule has 7 heteroatoms. The van der Waals surface area contributed by atoms with Crippen molar-refractivity contribution in [2.45, 2.75) is 96.9 Å². The van der Waals surface area contributed by atoms with Crippen molar-refractivity contribution < 1.29 is 33.2 Å². The predicted octanol–water partition coefficient (Wildman–Crippen LogP) is 4.02. The Balaban J connectivity index is 1.31. The minimum absolute atomic E-state index is 0.258. The summed E-state index contributed by atoms with van der Waals surface area (Å²) in [5, 5.41) is 0. The number of hydrogen-bond donors (Lipinski definition) is 0. The molecule has 0 saturated carbocycles. The maximum absolute atomic E-state index is 6.18. The van der Waals surface area contributed by atoms with E-state index in [4.69, 9.17) is 33.2 Å². The number of rotatable bonds is 8. The van der Waals surface area contributed by atoms with Gasteiger partial charge < -0.3 is 33.2 Å². The lowest BCUT2D eigenvalue weighted by molar-refractivity contribution is -0.243. The van der Waals surface area contributed by atoms with E-state index in [9.17, 15) is 0 Å². The number of ether oxygens (including phenoxy) is 7. The van der Waals surface area contributed by atoms with Crippen LogP contribution in [-0.4, -0.2) is 55.5 Å². The number of hydrogen-bond acceptors (Lipinski definition) is 7. The summed E-state index contributed by atoms with van der Waals surface area (Å²) < 4.78 is 42.2. The first kappa shape index (κ1) is 23.0. The van der Waals surface area contributed by atoms with Crippen molar-refractivity contribution in [2.75, 3.05) is 13.2 Å². The molecule has 0 aromatic heterocycles. The van der Waals surface area contributed by atoms with Gasteiger partial charge in [-0.25, -0.2) is 0 Å². The molecule has 3 saturated heterocycles. The standard InChI is InChI=1S/C24H36O7/c1-15(2)11-12-26-17-9-7-16(8-10-17)13-25-14-18-19-20(29-23(3,4)28-19)21-22(27-18)31-24(5,6)30-21/h7-10,15,18-22H,11-14H2,1-6H3. The van der Waals surface area contributed by atoms with Crippen LogP contribution in [0, 0.1) is 5.92 Å². The predicted molar refractivity (Wildman–Crippen MR) is 114 cm³/mol. The Morgan fingerprint density at radius 1 is 0.871 bits per heavy atom. The van der Waals surface area contributed by atoms with E-state index < -0.39 is 17.9 Å². The summed E-state index contributed by atoms with van der Waals surface area (Å²) in [6.45, 7) is 13.5. The highest BCUT2D eigenvalue weighted by Crippen LogP contribution is 2.44. The smallest absolute Gasteiger partial charge is 0.190 e. The number of fused-ring (bicyclic) bond motifs is 3. The molecule has 5 atom stereocenters. The van der Waals surface area contributed by atoms with Crippen LogP contribution < -0.4 is 4.74 Å². The summed E-state index contributed by atoms with van der Waals surface area (Å²) in [5.74, 6) is 0.100. The van der Waals surface area contributed by atoms with Gasteiger partial charge in [-0.05, 0) is 57.7 Å². The maximum atomic E-state index is 6.18. The van der Waals surface area contributed by atoms with Crippen LogP contribution in [0.3, 0.4) is 0 Å². The van der Waals surface area contributed by atoms with Crippen molar-refractivity contribution in [3.63, 3.8) is 0 Å². The fraction of sp³-hybridized carbons (Fsp3) is 0.750. The van der Waals surface area contributed by atoms with E-state index in [0.29, 0.717) is 19.1 Å². The quantitative estimate of drug-likeness (QED) is 0.610. The van der Waals surface area contributed by atoms with E-state index in [1.807, 2.05) is 52.0 Å². The minimum atomic E-state index is -0.718. The normalized spacial score (nSPS) is 33.3. The van der Waals surface area contributed by atoms with Crippen LogP contribution in [0.15, 0.2) is 24.3 Å². The molecule has 0 bridgehead atoms. The molecule has 4 rings (SSSR count). The minimum Gasteiger partial charge on any atom is -0.494 e. The molecule has 174 valence electrons. The van der Waals surface area contributed by atoms with Gasteiger partial charge in [0.25, 0.3) is 0 Å². The second-order valence-corrected chi connectivity index (χ2v) is 9.90. The molecule has 0 spiro atoms. The first-order chi connectivity index (χ1) is 14.6. The van der Waals surface area contributed by atoms with Gasteiger partial charge in [0.1, 0.15) is 30.2 Å². The van der Waals surface area contributed by atoms with Gasteiger partial charge in [0.15, 0.2) is 17.9 Å². The van der Waals surface area contributed by atoms with Crippen LogP contribution in [0.25, 0.3) is 0 Å². The Labute approximate surface area is 185 Å². The zero-order chi connectivity index (χ0) is 22.2. The molecule has 1 aromatic rings. The van der Waals surface area contributed by atoms with Gasteiger partial charge in [0.2, 0.25) is 0 Å². The van der Waals surface area contributed by atoms with Gasteiger partial charge in [0, 0.05) is 0 Å². The largest absolute Gasteiger partial charge is 0.494 e. The molecule has 3 aliphatic rings. The lowest BCUT2D eigenvalue weighted by atomic mass is 9.99. The summed E-state index contributed by atoms with van der Waals surface area (Å²) in [6.07, 6.45) is -0.600. The zero-order valence-corrected chi connectivity index (χ0v) is 19.5. The topological polar surface area (TPSA) is 64.6 Å². The van der Waals surface area contributed by atoms with Crippen LogP contribution in [0.1, 0.15) is 53.5 Å². The molecule has 7 nitrogen and oxygen atoms in total. The van der Waals surface area contributed by atoms with Crippen molar-refractivity contribution >= 4 is 0 Å². The van der Waals surface area contributed by atoms with Crippen LogP contribution in [0.4, 0.5) is 0 Å². The molecule has 5 unspecified atom stereocenters. The fourth-order valence-corrected chi connectivity index (χ4v) is 4.21. The molecule has 1 aromatic carbocycles. The summed E-state index contributed by atoms with van der Waals surface area (Å²) in [7, 11) is 0. The van der Waals surface area contributed by atoms with Crippen molar-refractivity contribution in [1.82, 2.24) is 0 Å². The monoisotopic (exact) mass is 436 g/mol. The zero-order valence-electron chi connectivity index (χ0n) is 19.5. The Kier molecular flexibility index (Phi) is 6.64. The van der Waals surface area contributed by atoms with Crippen molar-refractivity contribution in [3.05, 3.63) is 29.8 Å². The van der Waals surface area contributed by atoms with Gasteiger partial charge in [-0.3, -0.25) is 0 Å². The van der Waals surface area contributed by atoms with Crippen LogP contribution in [0.2, 0.25) is 0 Å². The summed E-state index contributed by atoms with van der Waals surface area (Å²) in [5.41, 5.74) is 1.08. The van der Waals surface area contributed by atoms with Crippen LogP contribution >= 0.6 is 0 Å². The van der Waals surface area contributed by atoms with Gasteiger partial charge in [0.05, 0.1) is 19.8 Å². The Hall–Kier alpha value is -1.22. The molecule has 0 radical (unpaired) electrons. The van der Waals surface area contributed by atoms with Gasteiger partial charge >= 0.3 is 0 Å². The average molecular weight is 437 g/mol. The van der Waals surface area contributed by atoms with E-state index in [-0.39, 0.29) is 24.4 Å². The lowest BCUT2D eigenvalue weighted by Crippen LogP contribution is -2.56. The number of benzene rings is 1. The first-order valence-electron chi connectivity index (χ1n) is 11.3. The van der Waals surface area contributed by atoms with Crippen molar-refractivity contribution in [2.24, 2.45) is 5.92 Å². The SMILES string of the molecule is CC(C)CCOc1ccc(COCC2OC3OC(C)(C)OC3C3OC(C)(C)OC23)cc1. The highest BCUT2D eigenvalue weighted by molar-refractivity contribution is 5.26. The lowest BCUT2D eigenvalue weighted by Gasteiger charge is -2.37. The van der Waals surface area contributed by atoms with Crippen LogP contribution in [0.5, 0.6) is 5.75 Å². The Morgan fingerprint density at radius 2 is 1.52 bits per heavy atom. The molecular formula is C24H36O7. The second-order valence-electron chi connectivity index (χ2n) is 9.90. The Bertz CT molecular complexity index is 730. The molecule has 3 aliphatic heterocycles. The second kappa shape index (κ2) is 8.96. The molecule has 0 amide bonds. The summed E-state index contributed by atoms with van der Waals surface area (Å²) >= 11 is 0. The summed E-state index contributed by atoms with van der Waals surface area (Å²) in [4.78, 5) is 0. The highest BCUT2D eigenvalue weighted by Gasteiger charge is 2.60. The molecule has 31 heavy (non-hydrogen) atoms. The molecular weight excluding hydrogens is 400 g/mol.